The fraction of sp³-hybridized carbons (Fsp3) is 0.0556. The largest absolute Gasteiger partial charge is 0.399 e. The lowest BCUT2D eigenvalue weighted by atomic mass is 9.95. The highest BCUT2D eigenvalue weighted by Crippen LogP contribution is 2.32. The van der Waals surface area contributed by atoms with E-state index in [0.29, 0.717) is 0 Å². The molecule has 0 saturated heterocycles. The quantitative estimate of drug-likeness (QED) is 0.697. The van der Waals surface area contributed by atoms with Gasteiger partial charge >= 0.3 is 0 Å². The molecule has 2 N–H and O–H groups in total. The lowest BCUT2D eigenvalue weighted by Crippen LogP contribution is -1.90. The summed E-state index contributed by atoms with van der Waals surface area (Å²) in [6, 6.07) is 20.4. The third-order valence-electron chi connectivity index (χ3n) is 3.34. The molecular formula is C18H16N2. The number of aromatic nitrogens is 1. The molecule has 20 heavy (non-hydrogen) atoms. The first-order valence-corrected chi connectivity index (χ1v) is 6.62. The summed E-state index contributed by atoms with van der Waals surface area (Å²) in [4.78, 5) is 4.47. The van der Waals surface area contributed by atoms with Crippen molar-refractivity contribution in [3.8, 4) is 22.4 Å². The summed E-state index contributed by atoms with van der Waals surface area (Å²) in [6.45, 7) is 2.10. The van der Waals surface area contributed by atoms with Gasteiger partial charge in [-0.05, 0) is 48.4 Å². The van der Waals surface area contributed by atoms with Crippen LogP contribution in [0.2, 0.25) is 0 Å². The Morgan fingerprint density at radius 2 is 1.65 bits per heavy atom. The molecule has 1 heterocycles. The van der Waals surface area contributed by atoms with E-state index >= 15 is 0 Å². The zero-order valence-electron chi connectivity index (χ0n) is 11.4. The van der Waals surface area contributed by atoms with Gasteiger partial charge in [0, 0.05) is 17.4 Å². The average Bonchev–Trinajstić information content (AvgIpc) is 2.49. The SMILES string of the molecule is Cc1ccc(-c2ccc(N)cc2)c(-c2ccccn2)c1. The molecule has 2 nitrogen and oxygen atoms in total. The number of nitrogens with zero attached hydrogens (tertiary/aromatic N) is 1. The smallest absolute Gasteiger partial charge is 0.0708 e. The summed E-state index contributed by atoms with van der Waals surface area (Å²) in [5, 5.41) is 0. The second-order valence-corrected chi connectivity index (χ2v) is 4.89. The molecule has 3 aromatic rings. The molecular weight excluding hydrogens is 244 g/mol. The Balaban J connectivity index is 2.19. The van der Waals surface area contributed by atoms with Crippen molar-refractivity contribution in [2.75, 3.05) is 5.73 Å². The van der Waals surface area contributed by atoms with Crippen LogP contribution in [0, 0.1) is 6.92 Å². The molecule has 2 heteroatoms. The average molecular weight is 260 g/mol. The summed E-state index contributed by atoms with van der Waals surface area (Å²) in [5.74, 6) is 0. The predicted molar refractivity (Wildman–Crippen MR) is 84.3 cm³/mol. The van der Waals surface area contributed by atoms with Crippen molar-refractivity contribution >= 4 is 5.69 Å². The Bertz CT molecular complexity index is 716. The van der Waals surface area contributed by atoms with Crippen LogP contribution in [0.25, 0.3) is 22.4 Å². The van der Waals surface area contributed by atoms with Crippen LogP contribution in [0.4, 0.5) is 5.69 Å². The van der Waals surface area contributed by atoms with E-state index in [-0.39, 0.29) is 0 Å². The van der Waals surface area contributed by atoms with Crippen LogP contribution in [0.15, 0.2) is 66.9 Å². The Kier molecular flexibility index (Phi) is 3.21. The molecule has 0 spiro atoms. The molecule has 3 rings (SSSR count). The van der Waals surface area contributed by atoms with Gasteiger partial charge in [0.15, 0.2) is 0 Å². The van der Waals surface area contributed by atoms with Gasteiger partial charge in [0.25, 0.3) is 0 Å². The van der Waals surface area contributed by atoms with Gasteiger partial charge in [-0.1, -0.05) is 35.9 Å². The molecule has 0 amide bonds. The fourth-order valence-electron chi connectivity index (χ4n) is 2.31. The van der Waals surface area contributed by atoms with Gasteiger partial charge in [-0.3, -0.25) is 4.98 Å². The molecule has 0 atom stereocenters. The van der Waals surface area contributed by atoms with E-state index in [9.17, 15) is 0 Å². The highest BCUT2D eigenvalue weighted by atomic mass is 14.7. The van der Waals surface area contributed by atoms with E-state index in [2.05, 4.69) is 30.1 Å². The first-order valence-electron chi connectivity index (χ1n) is 6.62. The topological polar surface area (TPSA) is 38.9 Å². The van der Waals surface area contributed by atoms with Gasteiger partial charge in [-0.25, -0.2) is 0 Å². The summed E-state index contributed by atoms with van der Waals surface area (Å²) in [7, 11) is 0. The van der Waals surface area contributed by atoms with Crippen molar-refractivity contribution in [2.45, 2.75) is 6.92 Å². The van der Waals surface area contributed by atoms with Crippen molar-refractivity contribution in [3.63, 3.8) is 0 Å². The third kappa shape index (κ3) is 2.41. The first-order chi connectivity index (χ1) is 9.74. The highest BCUT2D eigenvalue weighted by molar-refractivity contribution is 5.82. The van der Waals surface area contributed by atoms with Gasteiger partial charge in [0.2, 0.25) is 0 Å². The Morgan fingerprint density at radius 3 is 2.35 bits per heavy atom. The van der Waals surface area contributed by atoms with E-state index in [4.69, 9.17) is 5.73 Å². The van der Waals surface area contributed by atoms with Crippen LogP contribution < -0.4 is 5.73 Å². The second-order valence-electron chi connectivity index (χ2n) is 4.89. The Morgan fingerprint density at radius 1 is 0.850 bits per heavy atom. The standard InChI is InChI=1S/C18H16N2/c1-13-5-10-16(14-6-8-15(19)9-7-14)17(12-13)18-4-2-3-11-20-18/h2-12H,19H2,1H3. The lowest BCUT2D eigenvalue weighted by molar-refractivity contribution is 1.32. The second kappa shape index (κ2) is 5.17. The van der Waals surface area contributed by atoms with E-state index in [0.717, 1.165) is 22.5 Å². The van der Waals surface area contributed by atoms with Gasteiger partial charge in [0.05, 0.1) is 5.69 Å². The van der Waals surface area contributed by atoms with Gasteiger partial charge in [-0.2, -0.15) is 0 Å². The normalized spacial score (nSPS) is 10.4. The van der Waals surface area contributed by atoms with Gasteiger partial charge in [0.1, 0.15) is 0 Å². The van der Waals surface area contributed by atoms with Crippen LogP contribution in [0.1, 0.15) is 5.56 Å². The van der Waals surface area contributed by atoms with Crippen LogP contribution in [0.3, 0.4) is 0 Å². The maximum absolute atomic E-state index is 5.77. The number of nitrogens with two attached hydrogens (primary N) is 1. The van der Waals surface area contributed by atoms with Crippen LogP contribution in [-0.4, -0.2) is 4.98 Å². The summed E-state index contributed by atoms with van der Waals surface area (Å²) in [5.41, 5.74) is 12.2. The molecule has 0 aliphatic carbocycles. The Hall–Kier alpha value is -2.61. The van der Waals surface area contributed by atoms with Crippen molar-refractivity contribution in [3.05, 3.63) is 72.4 Å². The van der Waals surface area contributed by atoms with E-state index in [1.807, 2.05) is 48.7 Å². The van der Waals surface area contributed by atoms with Crippen LogP contribution >= 0.6 is 0 Å². The predicted octanol–water partition coefficient (Wildman–Crippen LogP) is 4.31. The first kappa shape index (κ1) is 12.4. The molecule has 98 valence electrons. The summed E-state index contributed by atoms with van der Waals surface area (Å²) >= 11 is 0. The van der Waals surface area contributed by atoms with Crippen molar-refractivity contribution in [2.24, 2.45) is 0 Å². The Labute approximate surface area is 118 Å². The number of hydrogen-bond acceptors (Lipinski definition) is 2. The maximum atomic E-state index is 5.77. The molecule has 0 aliphatic rings. The summed E-state index contributed by atoms with van der Waals surface area (Å²) < 4.78 is 0. The molecule has 0 fully saturated rings. The number of pyridine rings is 1. The van der Waals surface area contributed by atoms with E-state index < -0.39 is 0 Å². The number of anilines is 1. The number of rotatable bonds is 2. The number of nitrogen functional groups attached to an aromatic ring is 1. The van der Waals surface area contributed by atoms with Crippen molar-refractivity contribution in [1.82, 2.24) is 4.98 Å². The molecule has 0 bridgehead atoms. The molecule has 0 unspecified atom stereocenters. The minimum absolute atomic E-state index is 0.778. The third-order valence-corrected chi connectivity index (χ3v) is 3.34. The zero-order chi connectivity index (χ0) is 13.9. The monoisotopic (exact) mass is 260 g/mol. The number of benzene rings is 2. The minimum atomic E-state index is 0.778. The van der Waals surface area contributed by atoms with E-state index in [1.54, 1.807) is 0 Å². The maximum Gasteiger partial charge on any atom is 0.0708 e. The van der Waals surface area contributed by atoms with Gasteiger partial charge in [-0.15, -0.1) is 0 Å². The van der Waals surface area contributed by atoms with Crippen molar-refractivity contribution < 1.29 is 0 Å². The zero-order valence-corrected chi connectivity index (χ0v) is 11.4. The highest BCUT2D eigenvalue weighted by Gasteiger charge is 2.08. The fourth-order valence-corrected chi connectivity index (χ4v) is 2.31. The number of hydrogen-bond donors (Lipinski definition) is 1. The molecule has 1 aromatic heterocycles. The lowest BCUT2D eigenvalue weighted by Gasteiger charge is -2.11. The number of aryl methyl sites for hydroxylation is 1. The molecule has 0 radical (unpaired) electrons. The van der Waals surface area contributed by atoms with Crippen LogP contribution in [0.5, 0.6) is 0 Å². The molecule has 2 aromatic carbocycles. The minimum Gasteiger partial charge on any atom is -0.399 e. The summed E-state index contributed by atoms with van der Waals surface area (Å²) in [6.07, 6.45) is 1.82. The van der Waals surface area contributed by atoms with Crippen LogP contribution in [-0.2, 0) is 0 Å². The molecule has 0 aliphatic heterocycles. The van der Waals surface area contributed by atoms with Crippen molar-refractivity contribution in [1.29, 1.82) is 0 Å². The van der Waals surface area contributed by atoms with E-state index in [1.165, 1.54) is 11.1 Å². The van der Waals surface area contributed by atoms with Gasteiger partial charge < -0.3 is 5.73 Å². The molecule has 0 saturated carbocycles.